The average Bonchev–Trinajstić information content (AvgIpc) is 1.86. The van der Waals surface area contributed by atoms with E-state index in [1.165, 1.54) is 0 Å². The van der Waals surface area contributed by atoms with Crippen molar-refractivity contribution < 1.29 is 8.42 Å². The predicted octanol–water partition coefficient (Wildman–Crippen LogP) is 1.61. The van der Waals surface area contributed by atoms with E-state index >= 15 is 0 Å². The van der Waals surface area contributed by atoms with Gasteiger partial charge in [-0.05, 0) is 27.2 Å². The van der Waals surface area contributed by atoms with Gasteiger partial charge in [0.05, 0.1) is 10.5 Å². The average molecular weight is 164 g/mol. The standard InChI is InChI=1S/C7H16O2S/c1-5-7(4)10(8,9)6(2)3/h6-7H,5H2,1-4H3. The molecule has 0 aromatic rings. The third-order valence-electron chi connectivity index (χ3n) is 1.79. The Hall–Kier alpha value is -0.0500. The highest BCUT2D eigenvalue weighted by Crippen LogP contribution is 2.10. The van der Waals surface area contributed by atoms with E-state index in [4.69, 9.17) is 0 Å². The van der Waals surface area contributed by atoms with Gasteiger partial charge in [-0.25, -0.2) is 8.42 Å². The quantitative estimate of drug-likeness (QED) is 0.635. The predicted molar refractivity (Wildman–Crippen MR) is 43.8 cm³/mol. The summed E-state index contributed by atoms with van der Waals surface area (Å²) in [6, 6.07) is 0. The van der Waals surface area contributed by atoms with Crippen molar-refractivity contribution in [3.05, 3.63) is 0 Å². The van der Waals surface area contributed by atoms with Crippen LogP contribution in [0.1, 0.15) is 34.1 Å². The Morgan fingerprint density at radius 3 is 1.70 bits per heavy atom. The zero-order valence-electron chi connectivity index (χ0n) is 7.09. The van der Waals surface area contributed by atoms with Crippen LogP contribution in [-0.2, 0) is 9.84 Å². The molecular weight excluding hydrogens is 148 g/mol. The first kappa shape index (κ1) is 9.95. The van der Waals surface area contributed by atoms with Crippen molar-refractivity contribution >= 4 is 9.84 Å². The SMILES string of the molecule is CCC(C)S(=O)(=O)C(C)C. The molecule has 0 saturated carbocycles. The molecule has 0 fully saturated rings. The molecule has 0 saturated heterocycles. The van der Waals surface area contributed by atoms with Crippen molar-refractivity contribution in [2.45, 2.75) is 44.6 Å². The maximum Gasteiger partial charge on any atom is 0.155 e. The van der Waals surface area contributed by atoms with Crippen molar-refractivity contribution in [3.63, 3.8) is 0 Å². The zero-order chi connectivity index (χ0) is 8.36. The Morgan fingerprint density at radius 2 is 1.60 bits per heavy atom. The maximum absolute atomic E-state index is 11.3. The topological polar surface area (TPSA) is 34.1 Å². The smallest absolute Gasteiger partial charge is 0.155 e. The highest BCUT2D eigenvalue weighted by atomic mass is 32.2. The van der Waals surface area contributed by atoms with E-state index in [0.29, 0.717) is 6.42 Å². The summed E-state index contributed by atoms with van der Waals surface area (Å²) in [5.41, 5.74) is 0. The molecule has 0 aromatic carbocycles. The van der Waals surface area contributed by atoms with Crippen LogP contribution in [0.2, 0.25) is 0 Å². The first-order valence-electron chi connectivity index (χ1n) is 3.65. The van der Waals surface area contributed by atoms with Gasteiger partial charge >= 0.3 is 0 Å². The second-order valence-electron chi connectivity index (χ2n) is 2.86. The lowest BCUT2D eigenvalue weighted by Crippen LogP contribution is -2.25. The lowest BCUT2D eigenvalue weighted by Gasteiger charge is -2.12. The van der Waals surface area contributed by atoms with E-state index in [9.17, 15) is 8.42 Å². The second kappa shape index (κ2) is 3.37. The van der Waals surface area contributed by atoms with Crippen LogP contribution in [0, 0.1) is 0 Å². The molecule has 0 heterocycles. The minimum absolute atomic E-state index is 0.188. The minimum Gasteiger partial charge on any atom is -0.228 e. The normalized spacial score (nSPS) is 15.7. The first-order chi connectivity index (χ1) is 4.42. The fraction of sp³-hybridized carbons (Fsp3) is 1.00. The van der Waals surface area contributed by atoms with E-state index in [2.05, 4.69) is 0 Å². The molecule has 0 aliphatic carbocycles. The third-order valence-corrected chi connectivity index (χ3v) is 4.56. The van der Waals surface area contributed by atoms with Crippen molar-refractivity contribution in [2.24, 2.45) is 0 Å². The van der Waals surface area contributed by atoms with Gasteiger partial charge in [-0.3, -0.25) is 0 Å². The molecular formula is C7H16O2S. The third kappa shape index (κ3) is 1.97. The minimum atomic E-state index is -2.83. The van der Waals surface area contributed by atoms with Crippen LogP contribution in [0.4, 0.5) is 0 Å². The van der Waals surface area contributed by atoms with Crippen LogP contribution in [0.25, 0.3) is 0 Å². The summed E-state index contributed by atoms with van der Waals surface area (Å²) in [5.74, 6) is 0. The molecule has 2 nitrogen and oxygen atoms in total. The summed E-state index contributed by atoms with van der Waals surface area (Å²) in [7, 11) is -2.83. The van der Waals surface area contributed by atoms with Gasteiger partial charge in [-0.15, -0.1) is 0 Å². The summed E-state index contributed by atoms with van der Waals surface area (Å²) in [5, 5.41) is -0.421. The summed E-state index contributed by atoms with van der Waals surface area (Å²) >= 11 is 0. The summed E-state index contributed by atoms with van der Waals surface area (Å²) < 4.78 is 22.5. The molecule has 0 radical (unpaired) electrons. The van der Waals surface area contributed by atoms with Crippen LogP contribution < -0.4 is 0 Å². The van der Waals surface area contributed by atoms with E-state index in [1.807, 2.05) is 6.92 Å². The van der Waals surface area contributed by atoms with E-state index in [1.54, 1.807) is 20.8 Å². The molecule has 0 spiro atoms. The van der Waals surface area contributed by atoms with Crippen LogP contribution >= 0.6 is 0 Å². The molecule has 3 heteroatoms. The van der Waals surface area contributed by atoms with Crippen molar-refractivity contribution in [1.82, 2.24) is 0 Å². The highest BCUT2D eigenvalue weighted by molar-refractivity contribution is 7.92. The molecule has 1 atom stereocenters. The Kier molecular flexibility index (Phi) is 3.36. The lowest BCUT2D eigenvalue weighted by molar-refractivity contribution is 0.572. The van der Waals surface area contributed by atoms with Gasteiger partial charge in [0.25, 0.3) is 0 Å². The molecule has 0 bridgehead atoms. The number of hydrogen-bond acceptors (Lipinski definition) is 2. The number of rotatable bonds is 3. The van der Waals surface area contributed by atoms with E-state index in [-0.39, 0.29) is 10.5 Å². The molecule has 0 N–H and O–H groups in total. The van der Waals surface area contributed by atoms with Crippen LogP contribution in [-0.4, -0.2) is 18.9 Å². The van der Waals surface area contributed by atoms with E-state index < -0.39 is 9.84 Å². The van der Waals surface area contributed by atoms with E-state index in [0.717, 1.165) is 0 Å². The van der Waals surface area contributed by atoms with Gasteiger partial charge in [0, 0.05) is 0 Å². The van der Waals surface area contributed by atoms with Crippen molar-refractivity contribution in [2.75, 3.05) is 0 Å². The zero-order valence-corrected chi connectivity index (χ0v) is 7.90. The van der Waals surface area contributed by atoms with Crippen molar-refractivity contribution in [3.8, 4) is 0 Å². The van der Waals surface area contributed by atoms with Gasteiger partial charge in [0.15, 0.2) is 9.84 Å². The Labute approximate surface area is 63.6 Å². The van der Waals surface area contributed by atoms with Crippen LogP contribution in [0.5, 0.6) is 0 Å². The van der Waals surface area contributed by atoms with Gasteiger partial charge in [-0.1, -0.05) is 6.92 Å². The molecule has 0 rings (SSSR count). The van der Waals surface area contributed by atoms with Gasteiger partial charge < -0.3 is 0 Å². The maximum atomic E-state index is 11.3. The highest BCUT2D eigenvalue weighted by Gasteiger charge is 2.22. The molecule has 0 aliphatic heterocycles. The fourth-order valence-electron chi connectivity index (χ4n) is 0.697. The first-order valence-corrected chi connectivity index (χ1v) is 5.26. The fourth-order valence-corrected chi connectivity index (χ4v) is 2.09. The van der Waals surface area contributed by atoms with Crippen molar-refractivity contribution in [1.29, 1.82) is 0 Å². The summed E-state index contributed by atoms with van der Waals surface area (Å²) in [6.45, 7) is 7.10. The number of sulfone groups is 1. The largest absolute Gasteiger partial charge is 0.228 e. The molecule has 10 heavy (non-hydrogen) atoms. The molecule has 0 aromatic heterocycles. The molecule has 1 unspecified atom stereocenters. The lowest BCUT2D eigenvalue weighted by atomic mass is 10.4. The summed E-state index contributed by atoms with van der Waals surface area (Å²) in [6.07, 6.45) is 0.709. The Morgan fingerprint density at radius 1 is 1.20 bits per heavy atom. The van der Waals surface area contributed by atoms with Crippen LogP contribution in [0.15, 0.2) is 0 Å². The molecule has 0 aliphatic rings. The molecule has 62 valence electrons. The van der Waals surface area contributed by atoms with Gasteiger partial charge in [0.2, 0.25) is 0 Å². The molecule has 0 amide bonds. The van der Waals surface area contributed by atoms with Gasteiger partial charge in [0.1, 0.15) is 0 Å². The van der Waals surface area contributed by atoms with Gasteiger partial charge in [-0.2, -0.15) is 0 Å². The Bertz CT molecular complexity index is 180. The summed E-state index contributed by atoms with van der Waals surface area (Å²) in [4.78, 5) is 0. The van der Waals surface area contributed by atoms with Crippen LogP contribution in [0.3, 0.4) is 0 Å². The Balaban J connectivity index is 4.42. The number of hydrogen-bond donors (Lipinski definition) is 0. The second-order valence-corrected chi connectivity index (χ2v) is 5.78. The monoisotopic (exact) mass is 164 g/mol.